The number of methoxy groups -OCH3 is 1. The number of aryl methyl sites for hydroxylation is 2. The maximum atomic E-state index is 13.0. The van der Waals surface area contributed by atoms with Crippen LogP contribution in [0.2, 0.25) is 0 Å². The molecule has 3 rings (SSSR count). The van der Waals surface area contributed by atoms with Gasteiger partial charge in [0, 0.05) is 17.2 Å². The molecule has 6 nitrogen and oxygen atoms in total. The van der Waals surface area contributed by atoms with Crippen molar-refractivity contribution in [2.24, 2.45) is 0 Å². The topological polar surface area (TPSA) is 58.9 Å². The minimum atomic E-state index is -0.136. The van der Waals surface area contributed by atoms with Crippen LogP contribution in [0, 0.1) is 13.8 Å². The van der Waals surface area contributed by atoms with E-state index in [9.17, 15) is 4.79 Å². The van der Waals surface area contributed by atoms with Gasteiger partial charge in [0.15, 0.2) is 0 Å². The Bertz CT molecular complexity index is 996. The number of imidazole rings is 1. The normalized spacial score (nSPS) is 12.4. The molecule has 148 valence electrons. The number of halogens is 1. The van der Waals surface area contributed by atoms with Crippen molar-refractivity contribution in [1.29, 1.82) is 0 Å². The Balaban J connectivity index is 1.83. The lowest BCUT2D eigenvalue weighted by molar-refractivity contribution is 0.0935. The van der Waals surface area contributed by atoms with Crippen molar-refractivity contribution < 1.29 is 9.53 Å². The molecule has 0 saturated heterocycles. The van der Waals surface area contributed by atoms with E-state index in [0.29, 0.717) is 17.9 Å². The second kappa shape index (κ2) is 8.32. The van der Waals surface area contributed by atoms with E-state index in [1.54, 1.807) is 7.11 Å². The first-order valence-corrected chi connectivity index (χ1v) is 9.84. The van der Waals surface area contributed by atoms with Crippen LogP contribution in [-0.4, -0.2) is 47.9 Å². The van der Waals surface area contributed by atoms with E-state index in [1.165, 1.54) is 0 Å². The van der Waals surface area contributed by atoms with Crippen molar-refractivity contribution in [2.45, 2.75) is 19.9 Å². The van der Waals surface area contributed by atoms with Gasteiger partial charge < -0.3 is 15.0 Å². The molecule has 28 heavy (non-hydrogen) atoms. The van der Waals surface area contributed by atoms with Crippen LogP contribution < -0.4 is 10.1 Å². The molecule has 0 aliphatic carbocycles. The van der Waals surface area contributed by atoms with E-state index < -0.39 is 0 Å². The number of hydrogen-bond donors (Lipinski definition) is 1. The number of likely N-dealkylation sites (N-methyl/N-ethyl adjacent to an activating group) is 1. The summed E-state index contributed by atoms with van der Waals surface area (Å²) in [5, 5.41) is 3.08. The Kier molecular flexibility index (Phi) is 6.05. The number of benzene rings is 1. The molecule has 0 radical (unpaired) electrons. The van der Waals surface area contributed by atoms with Crippen LogP contribution in [0.1, 0.15) is 33.4 Å². The maximum absolute atomic E-state index is 13.0. The first-order chi connectivity index (χ1) is 13.3. The zero-order valence-corrected chi connectivity index (χ0v) is 18.4. The van der Waals surface area contributed by atoms with Gasteiger partial charge in [-0.05, 0) is 73.2 Å². The van der Waals surface area contributed by atoms with Crippen molar-refractivity contribution in [2.75, 3.05) is 27.7 Å². The van der Waals surface area contributed by atoms with E-state index in [4.69, 9.17) is 4.74 Å². The largest absolute Gasteiger partial charge is 0.497 e. The number of rotatable bonds is 6. The third-order valence-electron chi connectivity index (χ3n) is 4.84. The van der Waals surface area contributed by atoms with E-state index in [2.05, 4.69) is 31.1 Å². The van der Waals surface area contributed by atoms with Crippen molar-refractivity contribution in [3.8, 4) is 5.75 Å². The lowest BCUT2D eigenvalue weighted by atomic mass is 10.1. The molecule has 2 heterocycles. The lowest BCUT2D eigenvalue weighted by Crippen LogP contribution is -2.35. The molecule has 0 aliphatic rings. The Morgan fingerprint density at radius 1 is 1.29 bits per heavy atom. The number of ether oxygens (including phenoxy) is 1. The molecule has 1 aromatic carbocycles. The number of nitrogens with zero attached hydrogens (tertiary/aromatic N) is 3. The van der Waals surface area contributed by atoms with Crippen LogP contribution in [0.3, 0.4) is 0 Å². The highest BCUT2D eigenvalue weighted by atomic mass is 79.9. The molecule has 1 atom stereocenters. The highest BCUT2D eigenvalue weighted by Gasteiger charge is 2.21. The monoisotopic (exact) mass is 444 g/mol. The van der Waals surface area contributed by atoms with Crippen LogP contribution in [0.4, 0.5) is 0 Å². The zero-order valence-electron chi connectivity index (χ0n) is 16.8. The Morgan fingerprint density at radius 2 is 1.96 bits per heavy atom. The van der Waals surface area contributed by atoms with E-state index in [-0.39, 0.29) is 11.9 Å². The van der Waals surface area contributed by atoms with E-state index in [0.717, 1.165) is 27.0 Å². The molecule has 1 N–H and O–H groups in total. The summed E-state index contributed by atoms with van der Waals surface area (Å²) in [6, 6.07) is 9.95. The number of fused-ring (bicyclic) bond motifs is 1. The standard InChI is InChI=1S/C21H25BrN4O2/c1-13-10-16(22)12-26-19(14(2)24-20(13)26)21(27)23-11-18(25(3)4)15-6-8-17(28-5)9-7-15/h6-10,12,18H,11H2,1-5H3,(H,23,27). The predicted octanol–water partition coefficient (Wildman–Crippen LogP) is 3.75. The van der Waals surface area contributed by atoms with Gasteiger partial charge in [-0.2, -0.15) is 0 Å². The second-order valence-electron chi connectivity index (χ2n) is 7.04. The molecule has 0 saturated carbocycles. The first-order valence-electron chi connectivity index (χ1n) is 9.05. The molecular weight excluding hydrogens is 420 g/mol. The summed E-state index contributed by atoms with van der Waals surface area (Å²) in [4.78, 5) is 19.7. The van der Waals surface area contributed by atoms with Crippen LogP contribution in [-0.2, 0) is 0 Å². The number of aromatic nitrogens is 2. The minimum Gasteiger partial charge on any atom is -0.497 e. The average molecular weight is 445 g/mol. The van der Waals surface area contributed by atoms with Gasteiger partial charge >= 0.3 is 0 Å². The van der Waals surface area contributed by atoms with Crippen molar-refractivity contribution in [1.82, 2.24) is 19.6 Å². The summed E-state index contributed by atoms with van der Waals surface area (Å²) >= 11 is 3.50. The fourth-order valence-corrected chi connectivity index (χ4v) is 3.90. The molecule has 3 aromatic rings. The number of carbonyl (C=O) groups excluding carboxylic acids is 1. The van der Waals surface area contributed by atoms with Crippen LogP contribution in [0.25, 0.3) is 5.65 Å². The molecule has 1 amide bonds. The molecular formula is C21H25BrN4O2. The molecule has 1 unspecified atom stereocenters. The number of carbonyl (C=O) groups is 1. The number of amides is 1. The first kappa shape index (κ1) is 20.4. The van der Waals surface area contributed by atoms with Gasteiger partial charge in [-0.25, -0.2) is 4.98 Å². The van der Waals surface area contributed by atoms with Crippen LogP contribution in [0.5, 0.6) is 5.75 Å². The summed E-state index contributed by atoms with van der Waals surface area (Å²) in [5.74, 6) is 0.676. The lowest BCUT2D eigenvalue weighted by Gasteiger charge is -2.25. The van der Waals surface area contributed by atoms with Crippen LogP contribution >= 0.6 is 15.9 Å². The van der Waals surface area contributed by atoms with E-state index in [1.807, 2.05) is 68.9 Å². The van der Waals surface area contributed by atoms with Gasteiger partial charge in [0.2, 0.25) is 0 Å². The van der Waals surface area contributed by atoms with Crippen molar-refractivity contribution in [3.05, 3.63) is 63.5 Å². The summed E-state index contributed by atoms with van der Waals surface area (Å²) in [6.45, 7) is 4.33. The molecule has 7 heteroatoms. The van der Waals surface area contributed by atoms with Gasteiger partial charge in [-0.3, -0.25) is 9.20 Å². The smallest absolute Gasteiger partial charge is 0.270 e. The second-order valence-corrected chi connectivity index (χ2v) is 7.96. The molecule has 0 spiro atoms. The Hall–Kier alpha value is -2.38. The van der Waals surface area contributed by atoms with E-state index >= 15 is 0 Å². The Morgan fingerprint density at radius 3 is 2.57 bits per heavy atom. The summed E-state index contributed by atoms with van der Waals surface area (Å²) in [7, 11) is 5.65. The maximum Gasteiger partial charge on any atom is 0.270 e. The number of pyridine rings is 1. The number of nitrogens with one attached hydrogen (secondary N) is 1. The van der Waals surface area contributed by atoms with Gasteiger partial charge in [-0.15, -0.1) is 0 Å². The van der Waals surface area contributed by atoms with Gasteiger partial charge in [-0.1, -0.05) is 12.1 Å². The van der Waals surface area contributed by atoms with Gasteiger partial charge in [0.25, 0.3) is 5.91 Å². The molecule has 0 aliphatic heterocycles. The highest BCUT2D eigenvalue weighted by Crippen LogP contribution is 2.22. The van der Waals surface area contributed by atoms with Crippen LogP contribution in [0.15, 0.2) is 41.0 Å². The fourth-order valence-electron chi connectivity index (χ4n) is 3.35. The minimum absolute atomic E-state index is 0.0443. The predicted molar refractivity (Wildman–Crippen MR) is 114 cm³/mol. The van der Waals surface area contributed by atoms with Gasteiger partial charge in [0.05, 0.1) is 18.8 Å². The summed E-state index contributed by atoms with van der Waals surface area (Å²) < 4.78 is 7.99. The van der Waals surface area contributed by atoms with Crippen molar-refractivity contribution >= 4 is 27.5 Å². The zero-order chi connectivity index (χ0) is 20.4. The van der Waals surface area contributed by atoms with Crippen molar-refractivity contribution in [3.63, 3.8) is 0 Å². The quantitative estimate of drug-likeness (QED) is 0.628. The molecule has 0 bridgehead atoms. The third kappa shape index (κ3) is 4.05. The summed E-state index contributed by atoms with van der Waals surface area (Å²) in [5.41, 5.74) is 4.20. The summed E-state index contributed by atoms with van der Waals surface area (Å²) in [6.07, 6.45) is 1.88. The highest BCUT2D eigenvalue weighted by molar-refractivity contribution is 9.10. The number of hydrogen-bond acceptors (Lipinski definition) is 4. The molecule has 0 fully saturated rings. The average Bonchev–Trinajstić information content (AvgIpc) is 2.98. The Labute approximate surface area is 173 Å². The molecule has 2 aromatic heterocycles. The SMILES string of the molecule is COc1ccc(C(CNC(=O)c2c(C)nc3c(C)cc(Br)cn23)N(C)C)cc1. The fraction of sp³-hybridized carbons (Fsp3) is 0.333. The third-order valence-corrected chi connectivity index (χ3v) is 5.27. The van der Waals surface area contributed by atoms with Gasteiger partial charge in [0.1, 0.15) is 17.1 Å².